The van der Waals surface area contributed by atoms with Crippen LogP contribution in [0.1, 0.15) is 72.3 Å². The second-order valence-corrected chi connectivity index (χ2v) is 9.70. The molecule has 0 spiro atoms. The molecule has 1 amide bonds. The van der Waals surface area contributed by atoms with E-state index in [1.807, 2.05) is 18.2 Å². The number of aliphatic hydroxyl groups excluding tert-OH is 1. The van der Waals surface area contributed by atoms with Crippen molar-refractivity contribution in [1.29, 1.82) is 0 Å². The van der Waals surface area contributed by atoms with E-state index in [0.29, 0.717) is 50.5 Å². The van der Waals surface area contributed by atoms with Gasteiger partial charge in [0.05, 0.1) is 6.10 Å². The number of amides is 1. The van der Waals surface area contributed by atoms with E-state index >= 15 is 0 Å². The average Bonchev–Trinajstić information content (AvgIpc) is 3.47. The van der Waals surface area contributed by atoms with Crippen molar-refractivity contribution in [1.82, 2.24) is 4.90 Å². The summed E-state index contributed by atoms with van der Waals surface area (Å²) < 4.78 is 11.7. The summed E-state index contributed by atoms with van der Waals surface area (Å²) in [5.74, 6) is 3.54. The van der Waals surface area contributed by atoms with Crippen molar-refractivity contribution in [2.75, 3.05) is 26.3 Å². The number of ether oxygens (including phenoxy) is 2. The van der Waals surface area contributed by atoms with E-state index in [9.17, 15) is 9.90 Å². The molecule has 1 saturated heterocycles. The molecule has 32 heavy (non-hydrogen) atoms. The standard InChI is InChI=1S/C27H33NO4/c1-18(24-3-2-4-25-26(24)32-14-13-31-25)15-19-5-6-22(16-19)20-7-9-21(10-8-20)27(30)28-12-11-23(29)17-28/h2-4,7-10,18-19,22-23,29H,5-6,11-17H2,1H3/t18-,19+,22+,23-/m0/s1. The first-order chi connectivity index (χ1) is 15.6. The highest BCUT2D eigenvalue weighted by atomic mass is 16.6. The molecule has 2 aromatic carbocycles. The number of hydrogen-bond donors (Lipinski definition) is 1. The lowest BCUT2D eigenvalue weighted by atomic mass is 9.87. The zero-order chi connectivity index (χ0) is 22.1. The van der Waals surface area contributed by atoms with Crippen LogP contribution in [0.3, 0.4) is 0 Å². The fourth-order valence-corrected chi connectivity index (χ4v) is 5.71. The van der Waals surface area contributed by atoms with Crippen molar-refractivity contribution in [2.45, 2.75) is 57.0 Å². The Morgan fingerprint density at radius 3 is 2.69 bits per heavy atom. The average molecular weight is 436 g/mol. The van der Waals surface area contributed by atoms with E-state index in [1.54, 1.807) is 4.90 Å². The first kappa shape index (κ1) is 21.3. The molecule has 2 aromatic rings. The number of para-hydroxylation sites is 1. The van der Waals surface area contributed by atoms with Crippen molar-refractivity contribution >= 4 is 5.91 Å². The molecule has 0 radical (unpaired) electrons. The van der Waals surface area contributed by atoms with Crippen LogP contribution in [0.5, 0.6) is 11.5 Å². The van der Waals surface area contributed by atoms with Gasteiger partial charge in [0.25, 0.3) is 5.91 Å². The van der Waals surface area contributed by atoms with Crippen molar-refractivity contribution in [3.8, 4) is 11.5 Å². The van der Waals surface area contributed by atoms with Gasteiger partial charge in [0.2, 0.25) is 0 Å². The molecule has 4 atom stereocenters. The molecule has 5 heteroatoms. The van der Waals surface area contributed by atoms with Crippen molar-refractivity contribution in [3.63, 3.8) is 0 Å². The SMILES string of the molecule is C[C@@H](C[C@H]1CC[C@@H](c2ccc(C(=O)N3CC[C@H](O)C3)cc2)C1)c1cccc2c1OCCO2. The van der Waals surface area contributed by atoms with Gasteiger partial charge in [0.1, 0.15) is 13.2 Å². The van der Waals surface area contributed by atoms with Gasteiger partial charge in [-0.15, -0.1) is 0 Å². The molecule has 0 unspecified atom stereocenters. The van der Waals surface area contributed by atoms with E-state index in [2.05, 4.69) is 31.2 Å². The number of β-amino-alcohol motifs (C(OH)–C–C–N with tert-alkyl or cyclic N) is 1. The topological polar surface area (TPSA) is 59.0 Å². The minimum absolute atomic E-state index is 0.0311. The summed E-state index contributed by atoms with van der Waals surface area (Å²) in [4.78, 5) is 14.4. The lowest BCUT2D eigenvalue weighted by Crippen LogP contribution is -2.29. The molecule has 2 heterocycles. The van der Waals surface area contributed by atoms with E-state index in [4.69, 9.17) is 9.47 Å². The smallest absolute Gasteiger partial charge is 0.253 e. The molecule has 170 valence electrons. The minimum Gasteiger partial charge on any atom is -0.486 e. The van der Waals surface area contributed by atoms with Crippen molar-refractivity contribution in [2.24, 2.45) is 5.92 Å². The largest absolute Gasteiger partial charge is 0.486 e. The number of benzene rings is 2. The van der Waals surface area contributed by atoms with Gasteiger partial charge in [-0.2, -0.15) is 0 Å². The number of carbonyl (C=O) groups is 1. The van der Waals surface area contributed by atoms with Crippen LogP contribution >= 0.6 is 0 Å². The molecular weight excluding hydrogens is 402 g/mol. The van der Waals surface area contributed by atoms with Crippen LogP contribution in [0, 0.1) is 5.92 Å². The number of aliphatic hydroxyl groups is 1. The molecule has 5 nitrogen and oxygen atoms in total. The van der Waals surface area contributed by atoms with E-state index in [0.717, 1.165) is 23.5 Å². The fraction of sp³-hybridized carbons (Fsp3) is 0.519. The molecule has 1 saturated carbocycles. The summed E-state index contributed by atoms with van der Waals surface area (Å²) in [5, 5.41) is 9.69. The Morgan fingerprint density at radius 1 is 1.09 bits per heavy atom. The van der Waals surface area contributed by atoms with Crippen LogP contribution < -0.4 is 9.47 Å². The number of nitrogens with zero attached hydrogens (tertiary/aromatic N) is 1. The van der Waals surface area contributed by atoms with Gasteiger partial charge in [0.15, 0.2) is 11.5 Å². The summed E-state index contributed by atoms with van der Waals surface area (Å²) in [7, 11) is 0. The Hall–Kier alpha value is -2.53. The normalized spacial score (nSPS) is 25.7. The Bertz CT molecular complexity index is 957. The highest BCUT2D eigenvalue weighted by molar-refractivity contribution is 5.94. The third-order valence-corrected chi connectivity index (χ3v) is 7.44. The van der Waals surface area contributed by atoms with Gasteiger partial charge >= 0.3 is 0 Å². The molecule has 0 bridgehead atoms. The monoisotopic (exact) mass is 435 g/mol. The van der Waals surface area contributed by atoms with Crippen LogP contribution in [0.15, 0.2) is 42.5 Å². The van der Waals surface area contributed by atoms with Gasteiger partial charge in [-0.25, -0.2) is 0 Å². The van der Waals surface area contributed by atoms with Gasteiger partial charge in [0, 0.05) is 24.2 Å². The summed E-state index contributed by atoms with van der Waals surface area (Å²) >= 11 is 0. The quantitative estimate of drug-likeness (QED) is 0.737. The predicted molar refractivity (Wildman–Crippen MR) is 124 cm³/mol. The van der Waals surface area contributed by atoms with E-state index in [1.165, 1.54) is 30.4 Å². The van der Waals surface area contributed by atoms with Crippen molar-refractivity contribution < 1.29 is 19.4 Å². The van der Waals surface area contributed by atoms with Crippen molar-refractivity contribution in [3.05, 3.63) is 59.2 Å². The maximum atomic E-state index is 12.6. The van der Waals surface area contributed by atoms with Crippen LogP contribution in [0.2, 0.25) is 0 Å². The third kappa shape index (κ3) is 4.36. The Morgan fingerprint density at radius 2 is 1.91 bits per heavy atom. The van der Waals surface area contributed by atoms with Gasteiger partial charge in [-0.05, 0) is 73.6 Å². The molecule has 5 rings (SSSR count). The van der Waals surface area contributed by atoms with Crippen LogP contribution in [-0.2, 0) is 0 Å². The molecule has 1 aliphatic carbocycles. The molecule has 3 aliphatic rings. The minimum atomic E-state index is -0.378. The van der Waals surface area contributed by atoms with E-state index < -0.39 is 0 Å². The molecular formula is C27H33NO4. The fourth-order valence-electron chi connectivity index (χ4n) is 5.71. The number of likely N-dealkylation sites (tertiary alicyclic amines) is 1. The number of rotatable bonds is 5. The Labute approximate surface area is 190 Å². The number of fused-ring (bicyclic) bond motifs is 1. The highest BCUT2D eigenvalue weighted by Gasteiger charge is 2.30. The lowest BCUT2D eigenvalue weighted by Gasteiger charge is -2.25. The summed E-state index contributed by atoms with van der Waals surface area (Å²) in [6.45, 7) is 4.64. The maximum Gasteiger partial charge on any atom is 0.253 e. The molecule has 2 fully saturated rings. The van der Waals surface area contributed by atoms with Gasteiger partial charge in [-0.3, -0.25) is 4.79 Å². The van der Waals surface area contributed by atoms with Crippen LogP contribution in [-0.4, -0.2) is 48.3 Å². The Kier molecular flexibility index (Phi) is 6.09. The van der Waals surface area contributed by atoms with Gasteiger partial charge in [-0.1, -0.05) is 31.2 Å². The first-order valence-corrected chi connectivity index (χ1v) is 12.0. The van der Waals surface area contributed by atoms with E-state index in [-0.39, 0.29) is 12.0 Å². The molecule has 0 aromatic heterocycles. The zero-order valence-corrected chi connectivity index (χ0v) is 18.8. The second kappa shape index (κ2) is 9.14. The molecule has 2 aliphatic heterocycles. The summed E-state index contributed by atoms with van der Waals surface area (Å²) in [5.41, 5.74) is 3.33. The highest BCUT2D eigenvalue weighted by Crippen LogP contribution is 2.45. The summed E-state index contributed by atoms with van der Waals surface area (Å²) in [6, 6.07) is 14.4. The number of carbonyl (C=O) groups excluding carboxylic acids is 1. The predicted octanol–water partition coefficient (Wildman–Crippen LogP) is 4.74. The maximum absolute atomic E-state index is 12.6. The zero-order valence-electron chi connectivity index (χ0n) is 18.8. The first-order valence-electron chi connectivity index (χ1n) is 12.0. The summed E-state index contributed by atoms with van der Waals surface area (Å²) in [6.07, 6.45) is 5.10. The van der Waals surface area contributed by atoms with Crippen LogP contribution in [0.25, 0.3) is 0 Å². The Balaban J connectivity index is 1.19. The molecule has 1 N–H and O–H groups in total. The van der Waals surface area contributed by atoms with Crippen LogP contribution in [0.4, 0.5) is 0 Å². The third-order valence-electron chi connectivity index (χ3n) is 7.44. The van der Waals surface area contributed by atoms with Gasteiger partial charge < -0.3 is 19.5 Å². The number of hydrogen-bond acceptors (Lipinski definition) is 4. The second-order valence-electron chi connectivity index (χ2n) is 9.70. The lowest BCUT2D eigenvalue weighted by molar-refractivity contribution is 0.0765.